The fourth-order valence-electron chi connectivity index (χ4n) is 1.70. The molecule has 0 aromatic carbocycles. The molecule has 0 unspecified atom stereocenters. The van der Waals surface area contributed by atoms with Crippen molar-refractivity contribution < 1.29 is 0 Å². The van der Waals surface area contributed by atoms with Gasteiger partial charge in [0.25, 0.3) is 0 Å². The third kappa shape index (κ3) is 1.65. The average molecular weight is 300 g/mol. The van der Waals surface area contributed by atoms with Gasteiger partial charge in [0.05, 0.1) is 5.56 Å². The predicted octanol–water partition coefficient (Wildman–Crippen LogP) is 2.45. The van der Waals surface area contributed by atoms with Crippen LogP contribution in [0.3, 0.4) is 0 Å². The van der Waals surface area contributed by atoms with Gasteiger partial charge < -0.3 is 0 Å². The van der Waals surface area contributed by atoms with E-state index in [1.165, 1.54) is 0 Å². The molecule has 0 atom stereocenters. The number of halogens is 1. The first kappa shape index (κ1) is 10.9. The van der Waals surface area contributed by atoms with Gasteiger partial charge in [-0.1, -0.05) is 0 Å². The Morgan fingerprint density at radius 3 is 2.94 bits per heavy atom. The molecule has 5 nitrogen and oxygen atoms in total. The summed E-state index contributed by atoms with van der Waals surface area (Å²) in [5.41, 5.74) is 1.91. The van der Waals surface area contributed by atoms with Crippen LogP contribution in [0.15, 0.2) is 41.4 Å². The van der Waals surface area contributed by atoms with Gasteiger partial charge in [0.2, 0.25) is 0 Å². The van der Waals surface area contributed by atoms with Crippen LogP contribution in [0.4, 0.5) is 0 Å². The fraction of sp³-hybridized carbons (Fsp3) is 0. The Bertz CT molecular complexity index is 771. The highest BCUT2D eigenvalue weighted by Gasteiger charge is 2.10. The Morgan fingerprint density at radius 1 is 1.22 bits per heavy atom. The van der Waals surface area contributed by atoms with Gasteiger partial charge in [-0.25, -0.2) is 15.0 Å². The monoisotopic (exact) mass is 299 g/mol. The summed E-state index contributed by atoms with van der Waals surface area (Å²) < 4.78 is 2.42. The molecule has 3 heterocycles. The van der Waals surface area contributed by atoms with Crippen molar-refractivity contribution in [3.05, 3.63) is 47.0 Å². The minimum Gasteiger partial charge on any atom is -0.266 e. The van der Waals surface area contributed by atoms with Gasteiger partial charge >= 0.3 is 0 Å². The molecular formula is C12H6BrN5. The van der Waals surface area contributed by atoms with E-state index in [2.05, 4.69) is 37.0 Å². The Kier molecular flexibility index (Phi) is 2.54. The van der Waals surface area contributed by atoms with Crippen LogP contribution in [0, 0.1) is 11.3 Å². The second kappa shape index (κ2) is 4.20. The maximum Gasteiger partial charge on any atom is 0.166 e. The van der Waals surface area contributed by atoms with Gasteiger partial charge in [0.1, 0.15) is 22.5 Å². The number of nitriles is 1. The summed E-state index contributed by atoms with van der Waals surface area (Å²) in [6, 6.07) is 9.24. The molecule has 0 aliphatic heterocycles. The molecule has 6 heteroatoms. The summed E-state index contributed by atoms with van der Waals surface area (Å²) in [5, 5.41) is 9.09. The largest absolute Gasteiger partial charge is 0.266 e. The first-order valence-corrected chi connectivity index (χ1v) is 5.94. The van der Waals surface area contributed by atoms with E-state index in [-0.39, 0.29) is 0 Å². The summed E-state index contributed by atoms with van der Waals surface area (Å²) in [7, 11) is 0. The molecule has 3 rings (SSSR count). The molecule has 0 amide bonds. The van der Waals surface area contributed by atoms with Crippen LogP contribution >= 0.6 is 15.9 Å². The number of rotatable bonds is 1. The summed E-state index contributed by atoms with van der Waals surface area (Å²) in [4.78, 5) is 12.8. The van der Waals surface area contributed by atoms with Crippen molar-refractivity contribution >= 4 is 27.1 Å². The topological polar surface area (TPSA) is 67.4 Å². The van der Waals surface area contributed by atoms with Crippen molar-refractivity contribution in [1.82, 2.24) is 19.5 Å². The van der Waals surface area contributed by atoms with Crippen molar-refractivity contribution in [2.24, 2.45) is 0 Å². The number of aromatic nitrogens is 4. The molecule has 0 radical (unpaired) electrons. The lowest BCUT2D eigenvalue weighted by molar-refractivity contribution is 0.995. The SMILES string of the molecule is N#Cc1cccnc1-n1cnc2ccc(Br)nc21. The zero-order valence-electron chi connectivity index (χ0n) is 9.08. The molecule has 0 aliphatic carbocycles. The first-order valence-electron chi connectivity index (χ1n) is 5.14. The van der Waals surface area contributed by atoms with Gasteiger partial charge in [-0.15, -0.1) is 0 Å². The first-order chi connectivity index (χ1) is 8.79. The average Bonchev–Trinajstić information content (AvgIpc) is 2.81. The Morgan fingerprint density at radius 2 is 2.11 bits per heavy atom. The van der Waals surface area contributed by atoms with Crippen molar-refractivity contribution in [3.63, 3.8) is 0 Å². The maximum absolute atomic E-state index is 9.09. The van der Waals surface area contributed by atoms with Gasteiger partial charge in [0.15, 0.2) is 11.5 Å². The van der Waals surface area contributed by atoms with Gasteiger partial charge in [-0.2, -0.15) is 5.26 Å². The second-order valence-corrected chi connectivity index (χ2v) is 4.39. The number of pyridine rings is 2. The molecule has 0 saturated heterocycles. The predicted molar refractivity (Wildman–Crippen MR) is 69.1 cm³/mol. The quantitative estimate of drug-likeness (QED) is 0.647. The Labute approximate surface area is 111 Å². The van der Waals surface area contributed by atoms with Crippen molar-refractivity contribution in [2.75, 3.05) is 0 Å². The van der Waals surface area contributed by atoms with E-state index >= 15 is 0 Å². The standard InChI is InChI=1S/C12H6BrN5/c13-10-4-3-9-12(17-10)18(7-16-9)11-8(6-14)2-1-5-15-11/h1-5,7H. The third-order valence-corrected chi connectivity index (χ3v) is 2.94. The Balaban J connectivity index is 2.32. The number of hydrogen-bond acceptors (Lipinski definition) is 4. The lowest BCUT2D eigenvalue weighted by atomic mass is 10.3. The summed E-state index contributed by atoms with van der Waals surface area (Å²) >= 11 is 3.32. The molecule has 0 bridgehead atoms. The molecule has 0 saturated carbocycles. The Hall–Kier alpha value is -2.26. The van der Waals surface area contributed by atoms with E-state index in [1.54, 1.807) is 29.2 Å². The lowest BCUT2D eigenvalue weighted by Crippen LogP contribution is -2.00. The molecule has 0 aliphatic rings. The van der Waals surface area contributed by atoms with Crippen LogP contribution in [-0.4, -0.2) is 19.5 Å². The highest BCUT2D eigenvalue weighted by Crippen LogP contribution is 2.19. The van der Waals surface area contributed by atoms with E-state index in [0.717, 1.165) is 5.52 Å². The fourth-order valence-corrected chi connectivity index (χ4v) is 2.00. The minimum atomic E-state index is 0.485. The zero-order valence-corrected chi connectivity index (χ0v) is 10.7. The minimum absolute atomic E-state index is 0.485. The normalized spacial score (nSPS) is 10.4. The van der Waals surface area contributed by atoms with E-state index < -0.39 is 0 Å². The summed E-state index contributed by atoms with van der Waals surface area (Å²) in [6.07, 6.45) is 3.26. The third-order valence-electron chi connectivity index (χ3n) is 2.50. The second-order valence-electron chi connectivity index (χ2n) is 3.58. The molecule has 3 aromatic rings. The smallest absolute Gasteiger partial charge is 0.166 e. The number of hydrogen-bond donors (Lipinski definition) is 0. The summed E-state index contributed by atoms with van der Waals surface area (Å²) in [5.74, 6) is 0.535. The van der Waals surface area contributed by atoms with Crippen LogP contribution in [0.1, 0.15) is 5.56 Å². The van der Waals surface area contributed by atoms with E-state index in [1.807, 2.05) is 12.1 Å². The zero-order chi connectivity index (χ0) is 12.5. The van der Waals surface area contributed by atoms with Gasteiger partial charge in [0, 0.05) is 6.20 Å². The van der Waals surface area contributed by atoms with E-state index in [9.17, 15) is 0 Å². The van der Waals surface area contributed by atoms with Crippen LogP contribution < -0.4 is 0 Å². The maximum atomic E-state index is 9.09. The number of nitrogens with zero attached hydrogens (tertiary/aromatic N) is 5. The molecule has 0 spiro atoms. The van der Waals surface area contributed by atoms with Crippen molar-refractivity contribution in [2.45, 2.75) is 0 Å². The van der Waals surface area contributed by atoms with Gasteiger partial charge in [-0.3, -0.25) is 4.57 Å². The van der Waals surface area contributed by atoms with Crippen LogP contribution in [0.2, 0.25) is 0 Å². The number of imidazole rings is 1. The molecular weight excluding hydrogens is 294 g/mol. The van der Waals surface area contributed by atoms with E-state index in [0.29, 0.717) is 21.6 Å². The molecule has 86 valence electrons. The molecule has 0 N–H and O–H groups in total. The van der Waals surface area contributed by atoms with Crippen LogP contribution in [0.5, 0.6) is 0 Å². The number of fused-ring (bicyclic) bond motifs is 1. The van der Waals surface area contributed by atoms with Crippen LogP contribution in [0.25, 0.3) is 17.0 Å². The van der Waals surface area contributed by atoms with Crippen molar-refractivity contribution in [1.29, 1.82) is 5.26 Å². The summed E-state index contributed by atoms with van der Waals surface area (Å²) in [6.45, 7) is 0. The van der Waals surface area contributed by atoms with Crippen LogP contribution in [-0.2, 0) is 0 Å². The van der Waals surface area contributed by atoms with Crippen molar-refractivity contribution in [3.8, 4) is 11.9 Å². The lowest BCUT2D eigenvalue weighted by Gasteiger charge is -2.03. The molecule has 18 heavy (non-hydrogen) atoms. The van der Waals surface area contributed by atoms with E-state index in [4.69, 9.17) is 5.26 Å². The molecule has 0 fully saturated rings. The highest BCUT2D eigenvalue weighted by atomic mass is 79.9. The highest BCUT2D eigenvalue weighted by molar-refractivity contribution is 9.10. The molecule has 3 aromatic heterocycles. The van der Waals surface area contributed by atoms with Gasteiger partial charge in [-0.05, 0) is 40.2 Å².